The van der Waals surface area contributed by atoms with Gasteiger partial charge in [0.25, 0.3) is 5.91 Å². The van der Waals surface area contributed by atoms with Gasteiger partial charge in [0.05, 0.1) is 24.3 Å². The van der Waals surface area contributed by atoms with Crippen LogP contribution in [-0.2, 0) is 30.2 Å². The first-order chi connectivity index (χ1) is 19.5. The van der Waals surface area contributed by atoms with Crippen LogP contribution in [0.15, 0.2) is 72.8 Å². The molecule has 3 aromatic rings. The fourth-order valence-corrected chi connectivity index (χ4v) is 4.88. The van der Waals surface area contributed by atoms with Gasteiger partial charge in [-0.1, -0.05) is 48.9 Å². The van der Waals surface area contributed by atoms with E-state index in [9.17, 15) is 31.1 Å². The summed E-state index contributed by atoms with van der Waals surface area (Å²) in [5, 5.41) is 2.88. The van der Waals surface area contributed by atoms with Gasteiger partial charge in [-0.05, 0) is 73.0 Å². The van der Waals surface area contributed by atoms with Crippen molar-refractivity contribution in [2.24, 2.45) is 0 Å². The molecule has 1 unspecified atom stereocenters. The topological polar surface area (TPSA) is 41.6 Å². The Bertz CT molecular complexity index is 1250. The summed E-state index contributed by atoms with van der Waals surface area (Å²) in [5.41, 5.74) is -0.595. The van der Waals surface area contributed by atoms with Crippen molar-refractivity contribution in [2.75, 3.05) is 26.2 Å². The highest BCUT2D eigenvalue weighted by Gasteiger charge is 2.36. The van der Waals surface area contributed by atoms with Gasteiger partial charge in [-0.3, -0.25) is 9.69 Å². The molecule has 228 valence electrons. The Labute approximate surface area is 247 Å². The van der Waals surface area contributed by atoms with Crippen molar-refractivity contribution in [3.8, 4) is 0 Å². The van der Waals surface area contributed by atoms with Gasteiger partial charge >= 0.3 is 12.4 Å². The number of nitrogens with zero attached hydrogens (tertiary/aromatic N) is 1. The monoisotopic (exact) mass is 614 g/mol. The SMILES string of the molecule is Cl.O=C(NCC(COCc1cc(C(F)(F)F)cc(C(F)(F)F)c1)c1ccccc1)c1ccc(CN2CCCCC2)cc1. The van der Waals surface area contributed by atoms with E-state index >= 15 is 0 Å². The van der Waals surface area contributed by atoms with Crippen LogP contribution in [0.4, 0.5) is 26.3 Å². The third kappa shape index (κ3) is 9.74. The van der Waals surface area contributed by atoms with E-state index in [-0.39, 0.29) is 49.0 Å². The Morgan fingerprint density at radius 1 is 0.810 bits per heavy atom. The van der Waals surface area contributed by atoms with Crippen LogP contribution < -0.4 is 5.32 Å². The highest BCUT2D eigenvalue weighted by molar-refractivity contribution is 5.94. The van der Waals surface area contributed by atoms with Gasteiger partial charge in [-0.2, -0.15) is 26.3 Å². The molecule has 1 fully saturated rings. The average molecular weight is 615 g/mol. The van der Waals surface area contributed by atoms with Crippen molar-refractivity contribution >= 4 is 18.3 Å². The lowest BCUT2D eigenvalue weighted by atomic mass is 9.99. The lowest BCUT2D eigenvalue weighted by Crippen LogP contribution is -2.30. The number of amides is 1. The molecule has 3 aromatic carbocycles. The fraction of sp³-hybridized carbons (Fsp3) is 0.387. The molecule has 0 saturated carbocycles. The molecule has 1 N–H and O–H groups in total. The second-order valence-corrected chi connectivity index (χ2v) is 10.3. The number of likely N-dealkylation sites (tertiary alicyclic amines) is 1. The van der Waals surface area contributed by atoms with Crippen molar-refractivity contribution in [3.05, 3.63) is 106 Å². The molecule has 0 aliphatic carbocycles. The number of benzene rings is 3. The quantitative estimate of drug-likeness (QED) is 0.236. The first-order valence-electron chi connectivity index (χ1n) is 13.5. The maximum absolute atomic E-state index is 13.2. The predicted molar refractivity (Wildman–Crippen MR) is 150 cm³/mol. The van der Waals surface area contributed by atoms with Crippen molar-refractivity contribution in [1.82, 2.24) is 10.2 Å². The van der Waals surface area contributed by atoms with Gasteiger partial charge in [0.2, 0.25) is 0 Å². The van der Waals surface area contributed by atoms with Gasteiger partial charge in [0.1, 0.15) is 0 Å². The fourth-order valence-electron chi connectivity index (χ4n) is 4.88. The zero-order chi connectivity index (χ0) is 29.5. The number of alkyl halides is 6. The molecule has 1 aliphatic rings. The van der Waals surface area contributed by atoms with Crippen molar-refractivity contribution in [1.29, 1.82) is 0 Å². The average Bonchev–Trinajstić information content (AvgIpc) is 2.95. The summed E-state index contributed by atoms with van der Waals surface area (Å²) in [4.78, 5) is 15.3. The van der Waals surface area contributed by atoms with E-state index < -0.39 is 30.1 Å². The lowest BCUT2D eigenvalue weighted by Gasteiger charge is -2.26. The van der Waals surface area contributed by atoms with Crippen LogP contribution in [-0.4, -0.2) is 37.0 Å². The summed E-state index contributed by atoms with van der Waals surface area (Å²) in [6.45, 7) is 2.66. The summed E-state index contributed by atoms with van der Waals surface area (Å²) in [6, 6.07) is 17.9. The largest absolute Gasteiger partial charge is 0.416 e. The molecule has 0 bridgehead atoms. The van der Waals surface area contributed by atoms with Gasteiger partial charge in [-0.25, -0.2) is 0 Å². The van der Waals surface area contributed by atoms with Crippen LogP contribution in [0.2, 0.25) is 0 Å². The van der Waals surface area contributed by atoms with Gasteiger partial charge in [0, 0.05) is 24.6 Å². The third-order valence-electron chi connectivity index (χ3n) is 7.09. The molecular weight excluding hydrogens is 582 g/mol. The van der Waals surface area contributed by atoms with E-state index in [4.69, 9.17) is 4.74 Å². The molecule has 42 heavy (non-hydrogen) atoms. The number of nitrogens with one attached hydrogen (secondary N) is 1. The number of hydrogen-bond donors (Lipinski definition) is 1. The molecule has 11 heteroatoms. The molecule has 1 saturated heterocycles. The molecule has 0 spiro atoms. The number of halogens is 7. The number of hydrogen-bond acceptors (Lipinski definition) is 3. The van der Waals surface area contributed by atoms with E-state index in [1.165, 1.54) is 19.3 Å². The van der Waals surface area contributed by atoms with E-state index in [1.54, 1.807) is 24.3 Å². The molecular formula is C31H33ClF6N2O2. The van der Waals surface area contributed by atoms with Crippen LogP contribution >= 0.6 is 12.4 Å². The highest BCUT2D eigenvalue weighted by Crippen LogP contribution is 2.36. The summed E-state index contributed by atoms with van der Waals surface area (Å²) in [6.07, 6.45) is -6.21. The minimum absolute atomic E-state index is 0. The van der Waals surface area contributed by atoms with Crippen molar-refractivity contribution < 1.29 is 35.9 Å². The van der Waals surface area contributed by atoms with Crippen LogP contribution in [0, 0.1) is 0 Å². The zero-order valence-corrected chi connectivity index (χ0v) is 23.6. The molecule has 0 radical (unpaired) electrons. The summed E-state index contributed by atoms with van der Waals surface area (Å²) >= 11 is 0. The molecule has 1 amide bonds. The molecule has 4 rings (SSSR count). The predicted octanol–water partition coefficient (Wildman–Crippen LogP) is 7.86. The van der Waals surface area contributed by atoms with Crippen molar-refractivity contribution in [3.63, 3.8) is 0 Å². The number of carbonyl (C=O) groups is 1. The lowest BCUT2D eigenvalue weighted by molar-refractivity contribution is -0.143. The molecule has 4 nitrogen and oxygen atoms in total. The zero-order valence-electron chi connectivity index (χ0n) is 22.8. The Kier molecular flexibility index (Phi) is 11.8. The Morgan fingerprint density at radius 3 is 1.98 bits per heavy atom. The number of piperidine rings is 1. The Morgan fingerprint density at radius 2 is 1.40 bits per heavy atom. The van der Waals surface area contributed by atoms with Crippen LogP contribution in [0.25, 0.3) is 0 Å². The third-order valence-corrected chi connectivity index (χ3v) is 7.09. The van der Waals surface area contributed by atoms with E-state index in [0.29, 0.717) is 17.7 Å². The van der Waals surface area contributed by atoms with Gasteiger partial charge in [0.15, 0.2) is 0 Å². The second kappa shape index (κ2) is 14.9. The van der Waals surface area contributed by atoms with Crippen LogP contribution in [0.1, 0.15) is 63.4 Å². The summed E-state index contributed by atoms with van der Waals surface area (Å²) < 4.78 is 84.8. The molecule has 1 heterocycles. The van der Waals surface area contributed by atoms with Gasteiger partial charge < -0.3 is 10.1 Å². The van der Waals surface area contributed by atoms with E-state index in [2.05, 4.69) is 10.2 Å². The van der Waals surface area contributed by atoms with E-state index in [0.717, 1.165) is 30.8 Å². The number of carbonyl (C=O) groups excluding carboxylic acids is 1. The van der Waals surface area contributed by atoms with Crippen molar-refractivity contribution in [2.45, 2.75) is 50.7 Å². The number of ether oxygens (including phenoxy) is 1. The van der Waals surface area contributed by atoms with E-state index in [1.807, 2.05) is 30.3 Å². The second-order valence-electron chi connectivity index (χ2n) is 10.3. The smallest absolute Gasteiger partial charge is 0.376 e. The normalized spacial score (nSPS) is 15.1. The Hall–Kier alpha value is -3.08. The minimum atomic E-state index is -4.93. The van der Waals surface area contributed by atoms with Crippen LogP contribution in [0.3, 0.4) is 0 Å². The maximum atomic E-state index is 13.2. The minimum Gasteiger partial charge on any atom is -0.376 e. The first-order valence-corrected chi connectivity index (χ1v) is 13.5. The Balaban J connectivity index is 0.00000484. The number of rotatable bonds is 10. The first kappa shape index (κ1) is 33.4. The molecule has 1 atom stereocenters. The highest BCUT2D eigenvalue weighted by atomic mass is 35.5. The summed E-state index contributed by atoms with van der Waals surface area (Å²) in [5.74, 6) is -0.672. The molecule has 0 aromatic heterocycles. The van der Waals surface area contributed by atoms with Gasteiger partial charge in [-0.15, -0.1) is 12.4 Å². The standard InChI is InChI=1S/C31H32F6N2O2.ClH/c32-30(33,34)27-15-23(16-28(17-27)31(35,36)37)20-41-21-26(24-7-3-1-4-8-24)18-38-29(40)25-11-9-22(10-12-25)19-39-13-5-2-6-14-39;/h1,3-4,7-12,15-17,26H,2,5-6,13-14,18-21H2,(H,38,40);1H. The maximum Gasteiger partial charge on any atom is 0.416 e. The molecule has 1 aliphatic heterocycles. The van der Waals surface area contributed by atoms with Crippen LogP contribution in [0.5, 0.6) is 0 Å². The summed E-state index contributed by atoms with van der Waals surface area (Å²) in [7, 11) is 0.